The van der Waals surface area contributed by atoms with E-state index in [0.29, 0.717) is 6.61 Å². The van der Waals surface area contributed by atoms with Crippen molar-refractivity contribution in [2.45, 2.75) is 26.9 Å². The molecule has 0 aromatic carbocycles. The Morgan fingerprint density at radius 3 is 2.79 bits per heavy atom. The molecule has 3 aromatic heterocycles. The Kier molecular flexibility index (Phi) is 4.48. The van der Waals surface area contributed by atoms with Crippen molar-refractivity contribution >= 4 is 16.9 Å². The number of aromatic nitrogens is 6. The van der Waals surface area contributed by atoms with Crippen LogP contribution >= 0.6 is 0 Å². The summed E-state index contributed by atoms with van der Waals surface area (Å²) in [5.41, 5.74) is 5.18. The maximum Gasteiger partial charge on any atom is 0.158 e. The lowest BCUT2D eigenvalue weighted by Crippen LogP contribution is -2.20. The molecule has 3 aromatic rings. The van der Waals surface area contributed by atoms with Crippen molar-refractivity contribution < 1.29 is 4.74 Å². The van der Waals surface area contributed by atoms with Crippen LogP contribution in [0, 0.1) is 13.8 Å². The van der Waals surface area contributed by atoms with Gasteiger partial charge in [0.2, 0.25) is 0 Å². The van der Waals surface area contributed by atoms with E-state index in [2.05, 4.69) is 32.0 Å². The van der Waals surface area contributed by atoms with Crippen LogP contribution in [-0.2, 0) is 24.9 Å². The zero-order valence-corrected chi connectivity index (χ0v) is 14.8. The van der Waals surface area contributed by atoms with Crippen LogP contribution < -0.4 is 4.90 Å². The topological polar surface area (TPSA) is 73.9 Å². The number of hydrogen-bond acceptors (Lipinski definition) is 6. The lowest BCUT2D eigenvalue weighted by atomic mass is 10.2. The van der Waals surface area contributed by atoms with Crippen LogP contribution in [0.2, 0.25) is 0 Å². The van der Waals surface area contributed by atoms with Crippen molar-refractivity contribution in [3.8, 4) is 0 Å². The Hall–Kier alpha value is -2.48. The highest BCUT2D eigenvalue weighted by Gasteiger charge is 2.17. The lowest BCUT2D eigenvalue weighted by molar-refractivity contribution is 0.182. The van der Waals surface area contributed by atoms with Crippen LogP contribution in [0.15, 0.2) is 12.5 Å². The first-order chi connectivity index (χ1) is 11.5. The molecule has 3 rings (SSSR count). The largest absolute Gasteiger partial charge is 0.383 e. The molecule has 0 spiro atoms. The van der Waals surface area contributed by atoms with Crippen molar-refractivity contribution in [3.05, 3.63) is 29.5 Å². The molecule has 0 aliphatic heterocycles. The van der Waals surface area contributed by atoms with E-state index in [-0.39, 0.29) is 0 Å². The summed E-state index contributed by atoms with van der Waals surface area (Å²) in [5.74, 6) is 0.864. The molecule has 0 unspecified atom stereocenters. The summed E-state index contributed by atoms with van der Waals surface area (Å²) in [6.07, 6.45) is 3.34. The molecule has 0 fully saturated rings. The molecule has 8 heteroatoms. The Morgan fingerprint density at radius 1 is 1.25 bits per heavy atom. The smallest absolute Gasteiger partial charge is 0.158 e. The van der Waals surface area contributed by atoms with E-state index >= 15 is 0 Å². The number of fused-ring (bicyclic) bond motifs is 1. The molecular formula is C16H23N7O. The maximum absolute atomic E-state index is 5.15. The van der Waals surface area contributed by atoms with Crippen LogP contribution in [0.5, 0.6) is 0 Å². The van der Waals surface area contributed by atoms with Gasteiger partial charge < -0.3 is 9.64 Å². The molecule has 0 saturated heterocycles. The van der Waals surface area contributed by atoms with Gasteiger partial charge in [0.05, 0.1) is 25.0 Å². The number of ether oxygens (including phenoxy) is 1. The number of rotatable bonds is 6. The van der Waals surface area contributed by atoms with Crippen LogP contribution in [0.25, 0.3) is 11.0 Å². The van der Waals surface area contributed by atoms with Gasteiger partial charge in [-0.05, 0) is 13.8 Å². The van der Waals surface area contributed by atoms with E-state index in [1.807, 2.05) is 30.4 Å². The predicted molar refractivity (Wildman–Crippen MR) is 92.0 cm³/mol. The monoisotopic (exact) mass is 329 g/mol. The second-order valence-electron chi connectivity index (χ2n) is 5.92. The van der Waals surface area contributed by atoms with E-state index in [1.54, 1.807) is 19.6 Å². The van der Waals surface area contributed by atoms with Gasteiger partial charge in [-0.3, -0.25) is 9.36 Å². The fraction of sp³-hybridized carbons (Fsp3) is 0.500. The van der Waals surface area contributed by atoms with Crippen molar-refractivity contribution in [2.75, 3.05) is 25.7 Å². The summed E-state index contributed by atoms with van der Waals surface area (Å²) in [5, 5.41) is 8.90. The second-order valence-corrected chi connectivity index (χ2v) is 5.92. The summed E-state index contributed by atoms with van der Waals surface area (Å²) >= 11 is 0. The van der Waals surface area contributed by atoms with E-state index < -0.39 is 0 Å². The van der Waals surface area contributed by atoms with Gasteiger partial charge in [0.1, 0.15) is 17.4 Å². The van der Waals surface area contributed by atoms with Crippen LogP contribution in [0.1, 0.15) is 17.0 Å². The van der Waals surface area contributed by atoms with Crippen LogP contribution in [0.4, 0.5) is 5.82 Å². The fourth-order valence-electron chi connectivity index (χ4n) is 2.94. The van der Waals surface area contributed by atoms with Gasteiger partial charge in [-0.25, -0.2) is 9.97 Å². The third-order valence-electron chi connectivity index (χ3n) is 4.30. The molecule has 0 saturated carbocycles. The SMILES string of the molecule is COCCn1nc(C)c(CN(C)c2ncnc3cnn(C)c23)c1C. The average Bonchev–Trinajstić information content (AvgIpc) is 3.08. The van der Waals surface area contributed by atoms with E-state index in [9.17, 15) is 0 Å². The van der Waals surface area contributed by atoms with Crippen molar-refractivity contribution in [3.63, 3.8) is 0 Å². The number of anilines is 1. The Labute approximate surface area is 141 Å². The quantitative estimate of drug-likeness (QED) is 0.682. The zero-order valence-electron chi connectivity index (χ0n) is 14.8. The van der Waals surface area contributed by atoms with Crippen LogP contribution in [-0.4, -0.2) is 50.3 Å². The minimum atomic E-state index is 0.652. The molecule has 24 heavy (non-hydrogen) atoms. The van der Waals surface area contributed by atoms with Crippen LogP contribution in [0.3, 0.4) is 0 Å². The Bertz CT molecular complexity index is 852. The van der Waals surface area contributed by atoms with Crippen molar-refractivity contribution in [2.24, 2.45) is 7.05 Å². The van der Waals surface area contributed by atoms with Gasteiger partial charge in [-0.2, -0.15) is 10.2 Å². The molecule has 0 atom stereocenters. The summed E-state index contributed by atoms with van der Waals surface area (Å²) < 4.78 is 8.96. The maximum atomic E-state index is 5.15. The highest BCUT2D eigenvalue weighted by Crippen LogP contribution is 2.24. The minimum absolute atomic E-state index is 0.652. The molecule has 0 aliphatic rings. The van der Waals surface area contributed by atoms with Crippen molar-refractivity contribution in [1.82, 2.24) is 29.5 Å². The van der Waals surface area contributed by atoms with E-state index in [1.165, 1.54) is 5.56 Å². The lowest BCUT2D eigenvalue weighted by Gasteiger charge is -2.19. The molecule has 3 heterocycles. The standard InChI is InChI=1S/C16H23N7O/c1-11-13(12(2)23(20-11)6-7-24-5)9-21(3)16-15-14(17-10-18-16)8-19-22(15)4/h8,10H,6-7,9H2,1-5H3. The van der Waals surface area contributed by atoms with Gasteiger partial charge in [-0.15, -0.1) is 0 Å². The summed E-state index contributed by atoms with van der Waals surface area (Å²) in [6.45, 7) is 6.27. The first-order valence-electron chi connectivity index (χ1n) is 7.88. The fourth-order valence-corrected chi connectivity index (χ4v) is 2.94. The van der Waals surface area contributed by atoms with Gasteiger partial charge in [0.15, 0.2) is 5.82 Å². The normalized spacial score (nSPS) is 11.4. The zero-order chi connectivity index (χ0) is 17.3. The van der Waals surface area contributed by atoms with Gasteiger partial charge in [0, 0.05) is 39.0 Å². The molecule has 8 nitrogen and oxygen atoms in total. The summed E-state index contributed by atoms with van der Waals surface area (Å²) in [7, 11) is 5.64. The predicted octanol–water partition coefficient (Wildman–Crippen LogP) is 1.46. The first-order valence-corrected chi connectivity index (χ1v) is 7.88. The molecule has 0 bridgehead atoms. The number of nitrogens with zero attached hydrogens (tertiary/aromatic N) is 7. The van der Waals surface area contributed by atoms with Crippen molar-refractivity contribution in [1.29, 1.82) is 0 Å². The third-order valence-corrected chi connectivity index (χ3v) is 4.30. The molecular weight excluding hydrogens is 306 g/mol. The van der Waals surface area contributed by atoms with Gasteiger partial charge >= 0.3 is 0 Å². The molecule has 0 N–H and O–H groups in total. The van der Waals surface area contributed by atoms with E-state index in [0.717, 1.165) is 41.3 Å². The minimum Gasteiger partial charge on any atom is -0.383 e. The first kappa shape index (κ1) is 16.4. The number of hydrogen-bond donors (Lipinski definition) is 0. The molecule has 128 valence electrons. The third kappa shape index (κ3) is 2.84. The molecule has 0 radical (unpaired) electrons. The highest BCUT2D eigenvalue weighted by molar-refractivity contribution is 5.85. The highest BCUT2D eigenvalue weighted by atomic mass is 16.5. The van der Waals surface area contributed by atoms with Gasteiger partial charge in [-0.1, -0.05) is 0 Å². The van der Waals surface area contributed by atoms with Gasteiger partial charge in [0.25, 0.3) is 0 Å². The number of methoxy groups -OCH3 is 1. The number of aryl methyl sites for hydroxylation is 2. The molecule has 0 amide bonds. The second kappa shape index (κ2) is 6.56. The molecule has 0 aliphatic carbocycles. The Morgan fingerprint density at radius 2 is 2.04 bits per heavy atom. The summed E-state index contributed by atoms with van der Waals surface area (Å²) in [4.78, 5) is 10.8. The Balaban J connectivity index is 1.90. The van der Waals surface area contributed by atoms with E-state index in [4.69, 9.17) is 4.74 Å². The summed E-state index contributed by atoms with van der Waals surface area (Å²) in [6, 6.07) is 0. The average molecular weight is 329 g/mol.